The molecule has 1 fully saturated rings. The first-order valence-electron chi connectivity index (χ1n) is 9.38. The zero-order valence-corrected chi connectivity index (χ0v) is 17.1. The molecule has 1 amide bonds. The Morgan fingerprint density at radius 2 is 1.90 bits per heavy atom. The number of rotatable bonds is 5. The van der Waals surface area contributed by atoms with Crippen molar-refractivity contribution in [1.82, 2.24) is 5.32 Å². The largest absolute Gasteiger partial charge is 0.455 e. The second-order valence-corrected chi connectivity index (χ2v) is 8.20. The average Bonchev–Trinajstić information content (AvgIpc) is 3.30. The quantitative estimate of drug-likeness (QED) is 0.495. The third-order valence-corrected chi connectivity index (χ3v) is 5.65. The van der Waals surface area contributed by atoms with E-state index in [9.17, 15) is 4.79 Å². The number of nitrogens with one attached hydrogen (secondary N) is 1. The number of benzene rings is 2. The number of carbonyl (C=O) groups excluding carboxylic acids is 1. The Labute approximate surface area is 173 Å². The molecule has 0 aliphatic carbocycles. The van der Waals surface area contributed by atoms with Gasteiger partial charge in [0.1, 0.15) is 11.5 Å². The molecule has 1 saturated heterocycles. The summed E-state index contributed by atoms with van der Waals surface area (Å²) in [5, 5.41) is 11.3. The minimum atomic E-state index is -0.192. The number of amidine groups is 1. The molecule has 0 saturated carbocycles. The topological polar surface area (TPSA) is 67.0 Å². The van der Waals surface area contributed by atoms with E-state index in [1.807, 2.05) is 61.5 Å². The first kappa shape index (κ1) is 19.2. The van der Waals surface area contributed by atoms with Gasteiger partial charge in [0.25, 0.3) is 0 Å². The van der Waals surface area contributed by atoms with E-state index in [0.29, 0.717) is 17.3 Å². The zero-order chi connectivity index (χ0) is 20.2. The molecule has 1 aromatic heterocycles. The molecule has 1 aliphatic rings. The summed E-state index contributed by atoms with van der Waals surface area (Å²) in [4.78, 5) is 12.2. The van der Waals surface area contributed by atoms with E-state index in [1.54, 1.807) is 6.21 Å². The minimum Gasteiger partial charge on any atom is -0.455 e. The molecule has 4 rings (SSSR count). The van der Waals surface area contributed by atoms with Crippen molar-refractivity contribution in [2.45, 2.75) is 25.5 Å². The van der Waals surface area contributed by atoms with Crippen LogP contribution in [0.2, 0.25) is 0 Å². The maximum absolute atomic E-state index is 12.2. The van der Waals surface area contributed by atoms with Gasteiger partial charge in [-0.3, -0.25) is 4.79 Å². The van der Waals surface area contributed by atoms with E-state index in [1.165, 1.54) is 22.9 Å². The Hall–Kier alpha value is -3.12. The van der Waals surface area contributed by atoms with Crippen LogP contribution < -0.4 is 5.32 Å². The van der Waals surface area contributed by atoms with E-state index >= 15 is 0 Å². The lowest BCUT2D eigenvalue weighted by atomic mass is 10.1. The van der Waals surface area contributed by atoms with Gasteiger partial charge in [0.15, 0.2) is 5.17 Å². The van der Waals surface area contributed by atoms with Crippen LogP contribution in [-0.2, 0) is 11.2 Å². The van der Waals surface area contributed by atoms with Gasteiger partial charge in [-0.15, -0.1) is 5.10 Å². The molecule has 146 valence electrons. The van der Waals surface area contributed by atoms with Crippen molar-refractivity contribution >= 4 is 29.1 Å². The Morgan fingerprint density at radius 1 is 1.07 bits per heavy atom. The highest BCUT2D eigenvalue weighted by Gasteiger charge is 2.30. The maximum Gasteiger partial charge on any atom is 0.239 e. The van der Waals surface area contributed by atoms with Gasteiger partial charge in [-0.2, -0.15) is 5.10 Å². The highest BCUT2D eigenvalue weighted by molar-refractivity contribution is 8.15. The van der Waals surface area contributed by atoms with E-state index in [-0.39, 0.29) is 11.2 Å². The Bertz CT molecular complexity index is 1080. The molecule has 1 atom stereocenters. The number of aryl methyl sites for hydroxylation is 2. The molecule has 6 heteroatoms. The fourth-order valence-electron chi connectivity index (χ4n) is 3.07. The van der Waals surface area contributed by atoms with Crippen molar-refractivity contribution in [1.29, 1.82) is 0 Å². The Kier molecular flexibility index (Phi) is 5.62. The number of carbonyl (C=O) groups is 1. The number of furan rings is 1. The van der Waals surface area contributed by atoms with Gasteiger partial charge in [-0.1, -0.05) is 71.4 Å². The highest BCUT2D eigenvalue weighted by Crippen LogP contribution is 2.24. The minimum absolute atomic E-state index is 0.0369. The zero-order valence-electron chi connectivity index (χ0n) is 16.3. The first-order valence-corrected chi connectivity index (χ1v) is 10.3. The average molecular weight is 404 g/mol. The molecule has 1 N–H and O–H groups in total. The summed E-state index contributed by atoms with van der Waals surface area (Å²) in [5.41, 5.74) is 4.54. The van der Waals surface area contributed by atoms with Crippen molar-refractivity contribution in [3.8, 4) is 11.3 Å². The lowest BCUT2D eigenvalue weighted by molar-refractivity contribution is -0.118. The summed E-state index contributed by atoms with van der Waals surface area (Å²) in [6, 6.07) is 20.1. The van der Waals surface area contributed by atoms with Crippen LogP contribution in [-0.4, -0.2) is 22.5 Å². The number of amides is 1. The molecule has 3 aromatic rings. The second kappa shape index (κ2) is 8.49. The van der Waals surface area contributed by atoms with Crippen molar-refractivity contribution in [3.05, 3.63) is 83.1 Å². The van der Waals surface area contributed by atoms with Crippen LogP contribution in [0.1, 0.15) is 22.5 Å². The number of nitrogens with zero attached hydrogens (tertiary/aromatic N) is 2. The van der Waals surface area contributed by atoms with Crippen molar-refractivity contribution in [2.24, 2.45) is 10.2 Å². The molecule has 2 aromatic carbocycles. The summed E-state index contributed by atoms with van der Waals surface area (Å²) < 4.78 is 5.79. The van der Waals surface area contributed by atoms with Crippen LogP contribution in [0.5, 0.6) is 0 Å². The molecule has 1 unspecified atom stereocenters. The Morgan fingerprint density at radius 3 is 2.69 bits per heavy atom. The van der Waals surface area contributed by atoms with Crippen LogP contribution in [0, 0.1) is 13.8 Å². The molecule has 2 heterocycles. The van der Waals surface area contributed by atoms with Gasteiger partial charge < -0.3 is 9.73 Å². The molecule has 29 heavy (non-hydrogen) atoms. The SMILES string of the molecule is Cc1ccc(-c2ccc(/C=N\N=C3/NC(=O)C(Cc4cccc(C)c4)S3)o2)cc1. The van der Waals surface area contributed by atoms with E-state index in [0.717, 1.165) is 16.9 Å². The maximum atomic E-state index is 12.2. The van der Waals surface area contributed by atoms with Crippen LogP contribution >= 0.6 is 11.8 Å². The van der Waals surface area contributed by atoms with Crippen LogP contribution in [0.4, 0.5) is 0 Å². The monoisotopic (exact) mass is 403 g/mol. The van der Waals surface area contributed by atoms with Crippen LogP contribution in [0.3, 0.4) is 0 Å². The normalized spacial score (nSPS) is 17.9. The van der Waals surface area contributed by atoms with Crippen LogP contribution in [0.15, 0.2) is 75.3 Å². The molecule has 0 radical (unpaired) electrons. The van der Waals surface area contributed by atoms with Crippen molar-refractivity contribution < 1.29 is 9.21 Å². The molecule has 0 spiro atoms. The Balaban J connectivity index is 1.38. The third-order valence-electron chi connectivity index (χ3n) is 4.58. The number of hydrogen-bond acceptors (Lipinski definition) is 5. The smallest absolute Gasteiger partial charge is 0.239 e. The fraction of sp³-hybridized carbons (Fsp3) is 0.174. The second-order valence-electron chi connectivity index (χ2n) is 7.01. The summed E-state index contributed by atoms with van der Waals surface area (Å²) >= 11 is 1.40. The summed E-state index contributed by atoms with van der Waals surface area (Å²) in [6.07, 6.45) is 2.21. The first-order chi connectivity index (χ1) is 14.1. The lowest BCUT2D eigenvalue weighted by Crippen LogP contribution is -2.25. The molecule has 1 aliphatic heterocycles. The van der Waals surface area contributed by atoms with Crippen molar-refractivity contribution in [2.75, 3.05) is 0 Å². The predicted octanol–water partition coefficient (Wildman–Crippen LogP) is 4.73. The van der Waals surface area contributed by atoms with Gasteiger partial charge in [0, 0.05) is 5.56 Å². The van der Waals surface area contributed by atoms with E-state index < -0.39 is 0 Å². The van der Waals surface area contributed by atoms with E-state index in [4.69, 9.17) is 4.42 Å². The molecule has 5 nitrogen and oxygen atoms in total. The van der Waals surface area contributed by atoms with Gasteiger partial charge >= 0.3 is 0 Å². The number of thioether (sulfide) groups is 1. The summed E-state index contributed by atoms with van der Waals surface area (Å²) in [6.45, 7) is 4.10. The van der Waals surface area contributed by atoms with Gasteiger partial charge in [0.05, 0.1) is 11.5 Å². The highest BCUT2D eigenvalue weighted by atomic mass is 32.2. The molecular weight excluding hydrogens is 382 g/mol. The molecular formula is C23H21N3O2S. The standard InChI is InChI=1S/C23H21N3O2S/c1-15-6-8-18(9-7-15)20-11-10-19(28-20)14-24-26-23-25-22(27)21(29-23)13-17-5-3-4-16(2)12-17/h3-12,14,21H,13H2,1-2H3,(H,25,26,27)/b24-14-. The molecule has 0 bridgehead atoms. The lowest BCUT2D eigenvalue weighted by Gasteiger charge is -2.05. The third kappa shape index (κ3) is 4.84. The summed E-state index contributed by atoms with van der Waals surface area (Å²) in [7, 11) is 0. The van der Waals surface area contributed by atoms with Gasteiger partial charge in [-0.25, -0.2) is 0 Å². The van der Waals surface area contributed by atoms with Crippen molar-refractivity contribution in [3.63, 3.8) is 0 Å². The van der Waals surface area contributed by atoms with E-state index in [2.05, 4.69) is 28.5 Å². The number of hydrogen-bond donors (Lipinski definition) is 1. The predicted molar refractivity (Wildman–Crippen MR) is 118 cm³/mol. The summed E-state index contributed by atoms with van der Waals surface area (Å²) in [5.74, 6) is 1.35. The van der Waals surface area contributed by atoms with Crippen LogP contribution in [0.25, 0.3) is 11.3 Å². The van der Waals surface area contributed by atoms with Gasteiger partial charge in [-0.05, 0) is 38.0 Å². The van der Waals surface area contributed by atoms with Gasteiger partial charge in [0.2, 0.25) is 5.91 Å². The fourth-order valence-corrected chi connectivity index (χ4v) is 4.04.